The number of nitrogens with zero attached hydrogens (tertiary/aromatic N) is 2. The lowest BCUT2D eigenvalue weighted by Gasteiger charge is -2.45. The Morgan fingerprint density at radius 2 is 1.96 bits per heavy atom. The number of ether oxygens (including phenoxy) is 1. The first-order valence-corrected chi connectivity index (χ1v) is 9.90. The smallest absolute Gasteiger partial charge is 0.241 e. The van der Waals surface area contributed by atoms with Gasteiger partial charge in [0, 0.05) is 35.8 Å². The van der Waals surface area contributed by atoms with E-state index >= 15 is 0 Å². The Morgan fingerprint density at radius 3 is 2.67 bits per heavy atom. The van der Waals surface area contributed by atoms with Crippen LogP contribution in [-0.4, -0.2) is 66.5 Å². The highest BCUT2D eigenvalue weighted by Crippen LogP contribution is 2.33. The minimum Gasteiger partial charge on any atom is -0.370 e. The maximum Gasteiger partial charge on any atom is 0.241 e. The van der Waals surface area contributed by atoms with E-state index in [0.717, 1.165) is 31.5 Å². The maximum atomic E-state index is 12.4. The van der Waals surface area contributed by atoms with Crippen LogP contribution in [0, 0.1) is 0 Å². The average molecular weight is 394 g/mol. The monoisotopic (exact) mass is 393 g/mol. The van der Waals surface area contributed by atoms with Crippen molar-refractivity contribution in [1.82, 2.24) is 15.1 Å². The van der Waals surface area contributed by atoms with Gasteiger partial charge in [-0.15, -0.1) is 0 Å². The molecule has 1 unspecified atom stereocenters. The topological polar surface area (TPSA) is 61.9 Å². The van der Waals surface area contributed by atoms with E-state index in [4.69, 9.17) is 16.3 Å². The fourth-order valence-electron chi connectivity index (χ4n) is 3.58. The van der Waals surface area contributed by atoms with Crippen LogP contribution in [0.2, 0.25) is 5.02 Å². The molecule has 0 aromatic heterocycles. The summed E-state index contributed by atoms with van der Waals surface area (Å²) in [6.45, 7) is 7.07. The molecule has 3 rings (SSSR count). The quantitative estimate of drug-likeness (QED) is 0.833. The maximum absolute atomic E-state index is 12.4. The first-order chi connectivity index (χ1) is 12.9. The second kappa shape index (κ2) is 8.59. The normalized spacial score (nSPS) is 22.6. The zero-order valence-corrected chi connectivity index (χ0v) is 16.8. The summed E-state index contributed by atoms with van der Waals surface area (Å²) in [4.78, 5) is 28.5. The van der Waals surface area contributed by atoms with Crippen molar-refractivity contribution in [3.8, 4) is 0 Å². The molecule has 0 spiro atoms. The highest BCUT2D eigenvalue weighted by molar-refractivity contribution is 6.31. The van der Waals surface area contributed by atoms with Crippen LogP contribution in [0.15, 0.2) is 24.3 Å². The van der Waals surface area contributed by atoms with Crippen molar-refractivity contribution < 1.29 is 14.3 Å². The van der Waals surface area contributed by atoms with Gasteiger partial charge in [0.05, 0.1) is 25.8 Å². The number of amides is 2. The molecule has 6 nitrogen and oxygen atoms in total. The highest BCUT2D eigenvalue weighted by atomic mass is 35.5. The molecule has 0 bridgehead atoms. The van der Waals surface area contributed by atoms with Gasteiger partial charge in [0.15, 0.2) is 0 Å². The lowest BCUT2D eigenvalue weighted by Crippen LogP contribution is -2.56. The number of carbonyl (C=O) groups excluding carboxylic acids is 2. The number of carbonyl (C=O) groups is 2. The molecule has 0 aliphatic carbocycles. The van der Waals surface area contributed by atoms with Crippen LogP contribution in [0.25, 0.3) is 0 Å². The molecule has 7 heteroatoms. The molecule has 1 aromatic rings. The molecule has 2 saturated heterocycles. The Balaban J connectivity index is 1.57. The summed E-state index contributed by atoms with van der Waals surface area (Å²) in [6, 6.07) is 7.63. The number of halogens is 1. The lowest BCUT2D eigenvalue weighted by atomic mass is 9.98. The molecular formula is C20H28ClN3O3. The number of hydrogen-bond acceptors (Lipinski definition) is 4. The third-order valence-electron chi connectivity index (χ3n) is 5.36. The van der Waals surface area contributed by atoms with Gasteiger partial charge in [-0.05, 0) is 32.8 Å². The van der Waals surface area contributed by atoms with E-state index in [-0.39, 0.29) is 36.5 Å². The summed E-state index contributed by atoms with van der Waals surface area (Å²) in [5.41, 5.74) is 0.665. The van der Waals surface area contributed by atoms with Crippen molar-refractivity contribution in [1.29, 1.82) is 0 Å². The SMILES string of the molecule is CC1(C)COC(c2ccccc2Cl)CN1CC(=O)NCC(=O)N1CCCC1. The third-order valence-corrected chi connectivity index (χ3v) is 5.71. The van der Waals surface area contributed by atoms with E-state index in [1.165, 1.54) is 0 Å². The summed E-state index contributed by atoms with van der Waals surface area (Å²) in [6.07, 6.45) is 1.92. The summed E-state index contributed by atoms with van der Waals surface area (Å²) in [7, 11) is 0. The number of rotatable bonds is 5. The Morgan fingerprint density at radius 1 is 1.26 bits per heavy atom. The van der Waals surface area contributed by atoms with E-state index in [2.05, 4.69) is 24.1 Å². The van der Waals surface area contributed by atoms with Crippen LogP contribution in [0.5, 0.6) is 0 Å². The van der Waals surface area contributed by atoms with Crippen LogP contribution >= 0.6 is 11.6 Å². The van der Waals surface area contributed by atoms with Gasteiger partial charge in [0.1, 0.15) is 0 Å². The zero-order valence-electron chi connectivity index (χ0n) is 16.0. The van der Waals surface area contributed by atoms with Crippen LogP contribution < -0.4 is 5.32 Å². The highest BCUT2D eigenvalue weighted by Gasteiger charge is 2.37. The van der Waals surface area contributed by atoms with Gasteiger partial charge in [-0.25, -0.2) is 0 Å². The Bertz CT molecular complexity index is 689. The molecule has 0 saturated carbocycles. The number of morpholine rings is 1. The molecule has 2 aliphatic heterocycles. The first kappa shape index (κ1) is 20.1. The first-order valence-electron chi connectivity index (χ1n) is 9.52. The molecule has 1 aromatic carbocycles. The van der Waals surface area contributed by atoms with Gasteiger partial charge in [-0.3, -0.25) is 14.5 Å². The Labute approximate surface area is 165 Å². The van der Waals surface area contributed by atoms with Crippen LogP contribution in [0.4, 0.5) is 0 Å². The minimum absolute atomic E-state index is 0.00367. The molecule has 27 heavy (non-hydrogen) atoms. The van der Waals surface area contributed by atoms with Crippen LogP contribution in [0.3, 0.4) is 0 Å². The van der Waals surface area contributed by atoms with E-state index in [9.17, 15) is 9.59 Å². The van der Waals surface area contributed by atoms with Gasteiger partial charge >= 0.3 is 0 Å². The number of nitrogens with one attached hydrogen (secondary N) is 1. The molecule has 2 heterocycles. The van der Waals surface area contributed by atoms with Crippen molar-refractivity contribution in [3.63, 3.8) is 0 Å². The second-order valence-electron chi connectivity index (χ2n) is 7.88. The second-order valence-corrected chi connectivity index (χ2v) is 8.29. The summed E-state index contributed by atoms with van der Waals surface area (Å²) in [5, 5.41) is 3.44. The Hall–Kier alpha value is -1.63. The summed E-state index contributed by atoms with van der Waals surface area (Å²) >= 11 is 6.31. The number of benzene rings is 1. The average Bonchev–Trinajstić information content (AvgIpc) is 3.17. The van der Waals surface area contributed by atoms with E-state index < -0.39 is 0 Å². The standard InChI is InChI=1S/C20H28ClN3O3/c1-20(2)14-27-17(15-7-3-4-8-16(15)21)12-24(20)13-18(25)22-11-19(26)23-9-5-6-10-23/h3-4,7-8,17H,5-6,9-14H2,1-2H3,(H,22,25). The van der Waals surface area contributed by atoms with Crippen LogP contribution in [0.1, 0.15) is 38.4 Å². The van der Waals surface area contributed by atoms with Crippen molar-refractivity contribution in [2.45, 2.75) is 38.3 Å². The largest absolute Gasteiger partial charge is 0.370 e. The lowest BCUT2D eigenvalue weighted by molar-refractivity contribution is -0.136. The van der Waals surface area contributed by atoms with Gasteiger partial charge in [0.2, 0.25) is 11.8 Å². The molecule has 1 N–H and O–H groups in total. The van der Waals surface area contributed by atoms with Crippen molar-refractivity contribution in [2.75, 3.05) is 39.3 Å². The van der Waals surface area contributed by atoms with Gasteiger partial charge < -0.3 is 15.0 Å². The fourth-order valence-corrected chi connectivity index (χ4v) is 3.84. The number of hydrogen-bond donors (Lipinski definition) is 1. The molecule has 1 atom stereocenters. The van der Waals surface area contributed by atoms with E-state index in [1.54, 1.807) is 0 Å². The molecule has 2 aliphatic rings. The molecule has 2 amide bonds. The molecule has 0 radical (unpaired) electrons. The minimum atomic E-state index is -0.270. The van der Waals surface area contributed by atoms with Crippen molar-refractivity contribution >= 4 is 23.4 Å². The van der Waals surface area contributed by atoms with Gasteiger partial charge in [-0.1, -0.05) is 29.8 Å². The summed E-state index contributed by atoms with van der Waals surface area (Å²) in [5.74, 6) is -0.147. The molecule has 2 fully saturated rings. The van der Waals surface area contributed by atoms with Crippen molar-refractivity contribution in [3.05, 3.63) is 34.9 Å². The predicted octanol–water partition coefficient (Wildman–Crippen LogP) is 2.23. The van der Waals surface area contributed by atoms with Gasteiger partial charge in [-0.2, -0.15) is 0 Å². The Kier molecular flexibility index (Phi) is 6.40. The summed E-state index contributed by atoms with van der Waals surface area (Å²) < 4.78 is 6.02. The third kappa shape index (κ3) is 5.00. The van der Waals surface area contributed by atoms with Gasteiger partial charge in [0.25, 0.3) is 0 Å². The van der Waals surface area contributed by atoms with E-state index in [0.29, 0.717) is 18.2 Å². The zero-order chi connectivity index (χ0) is 19.4. The van der Waals surface area contributed by atoms with Crippen molar-refractivity contribution in [2.24, 2.45) is 0 Å². The number of likely N-dealkylation sites (tertiary alicyclic amines) is 1. The molecular weight excluding hydrogens is 366 g/mol. The molecule has 148 valence electrons. The fraction of sp³-hybridized carbons (Fsp3) is 0.600. The van der Waals surface area contributed by atoms with E-state index in [1.807, 2.05) is 29.2 Å². The predicted molar refractivity (Wildman–Crippen MR) is 105 cm³/mol. The van der Waals surface area contributed by atoms with Crippen LogP contribution in [-0.2, 0) is 14.3 Å².